The van der Waals surface area contributed by atoms with Gasteiger partial charge in [0.15, 0.2) is 0 Å². The van der Waals surface area contributed by atoms with Crippen molar-refractivity contribution in [2.75, 3.05) is 20.1 Å². The number of piperidine rings is 1. The second-order valence-electron chi connectivity index (χ2n) is 7.77. The van der Waals surface area contributed by atoms with Gasteiger partial charge in [0.2, 0.25) is 15.9 Å². The Morgan fingerprint density at radius 2 is 1.90 bits per heavy atom. The average Bonchev–Trinajstić information content (AvgIpc) is 2.79. The van der Waals surface area contributed by atoms with E-state index in [2.05, 4.69) is 15.0 Å². The zero-order valence-corrected chi connectivity index (χ0v) is 18.8. The quantitative estimate of drug-likeness (QED) is 0.706. The minimum Gasteiger partial charge on any atom is -0.352 e. The van der Waals surface area contributed by atoms with Gasteiger partial charge in [0.25, 0.3) is 5.91 Å². The summed E-state index contributed by atoms with van der Waals surface area (Å²) in [6.07, 6.45) is 4.53. The van der Waals surface area contributed by atoms with Crippen molar-refractivity contribution in [1.29, 1.82) is 0 Å². The van der Waals surface area contributed by atoms with Gasteiger partial charge in [-0.15, -0.1) is 0 Å². The molecular weight excluding hydrogens is 416 g/mol. The van der Waals surface area contributed by atoms with E-state index in [1.807, 2.05) is 12.1 Å². The Hall–Kier alpha value is -2.78. The fourth-order valence-electron chi connectivity index (χ4n) is 3.70. The maximum absolute atomic E-state index is 13.0. The molecule has 166 valence electrons. The van der Waals surface area contributed by atoms with Crippen molar-refractivity contribution in [3.05, 3.63) is 58.9 Å². The number of carbonyl (C=O) groups excluding carboxylic acids is 2. The Balaban J connectivity index is 1.63. The number of hydrogen-bond acceptors (Lipinski definition) is 5. The summed E-state index contributed by atoms with van der Waals surface area (Å²) in [7, 11) is -2.32. The first-order valence-electron chi connectivity index (χ1n) is 10.2. The van der Waals surface area contributed by atoms with Crippen molar-refractivity contribution in [2.24, 2.45) is 5.92 Å². The van der Waals surface area contributed by atoms with Gasteiger partial charge in [0.05, 0.1) is 4.90 Å². The molecule has 1 aliphatic heterocycles. The van der Waals surface area contributed by atoms with Gasteiger partial charge < -0.3 is 10.2 Å². The molecular formula is C22H28N4O4S. The van der Waals surface area contributed by atoms with Crippen molar-refractivity contribution < 1.29 is 18.0 Å². The van der Waals surface area contributed by atoms with Crippen LogP contribution in [0.25, 0.3) is 0 Å². The smallest absolute Gasteiger partial charge is 0.253 e. The van der Waals surface area contributed by atoms with E-state index in [4.69, 9.17) is 0 Å². The van der Waals surface area contributed by atoms with Crippen LogP contribution in [-0.4, -0.2) is 50.3 Å². The van der Waals surface area contributed by atoms with Gasteiger partial charge in [-0.2, -0.15) is 0 Å². The van der Waals surface area contributed by atoms with Crippen LogP contribution in [0.15, 0.2) is 41.6 Å². The highest BCUT2D eigenvalue weighted by Crippen LogP contribution is 2.24. The van der Waals surface area contributed by atoms with E-state index in [0.717, 1.165) is 11.1 Å². The number of nitrogens with one attached hydrogen (secondary N) is 2. The topological polar surface area (TPSA) is 108 Å². The lowest BCUT2D eigenvalue weighted by molar-refractivity contribution is -0.126. The zero-order valence-electron chi connectivity index (χ0n) is 18.0. The molecule has 1 aromatic heterocycles. The second kappa shape index (κ2) is 9.57. The van der Waals surface area contributed by atoms with Crippen LogP contribution in [0.3, 0.4) is 0 Å². The minimum atomic E-state index is -3.67. The molecule has 2 N–H and O–H groups in total. The van der Waals surface area contributed by atoms with Gasteiger partial charge in [0.1, 0.15) is 0 Å². The van der Waals surface area contributed by atoms with E-state index in [-0.39, 0.29) is 22.6 Å². The molecule has 2 amide bonds. The van der Waals surface area contributed by atoms with Crippen LogP contribution < -0.4 is 10.0 Å². The first kappa shape index (κ1) is 22.9. The number of benzene rings is 1. The fourth-order valence-corrected chi connectivity index (χ4v) is 4.77. The Kier molecular flexibility index (Phi) is 7.07. The summed E-state index contributed by atoms with van der Waals surface area (Å²) >= 11 is 0. The molecule has 1 aliphatic rings. The third-order valence-corrected chi connectivity index (χ3v) is 7.31. The van der Waals surface area contributed by atoms with Crippen LogP contribution in [0.4, 0.5) is 0 Å². The Bertz CT molecular complexity index is 1060. The van der Waals surface area contributed by atoms with Crippen LogP contribution in [0.2, 0.25) is 0 Å². The third kappa shape index (κ3) is 5.29. The standard InChI is InChI=1S/C22H28N4O4S/c1-15-11-19(12-20(16(15)2)31(29,30)23-3)22(28)26-9-6-18(7-10-26)21(27)25-14-17-5-4-8-24-13-17/h4-5,8,11-13,18,23H,6-7,9-10,14H2,1-3H3,(H,25,27). The number of aryl methyl sites for hydroxylation is 1. The number of rotatable bonds is 6. The zero-order chi connectivity index (χ0) is 22.6. The Morgan fingerprint density at radius 1 is 1.19 bits per heavy atom. The van der Waals surface area contributed by atoms with Crippen molar-refractivity contribution in [3.8, 4) is 0 Å². The number of carbonyl (C=O) groups is 2. The molecule has 2 heterocycles. The first-order chi connectivity index (χ1) is 14.7. The maximum atomic E-state index is 13.0. The summed E-state index contributed by atoms with van der Waals surface area (Å²) in [5, 5.41) is 2.93. The molecule has 0 unspecified atom stereocenters. The highest BCUT2D eigenvalue weighted by Gasteiger charge is 2.29. The number of hydrogen-bond donors (Lipinski definition) is 2. The van der Waals surface area contributed by atoms with Crippen molar-refractivity contribution in [1.82, 2.24) is 19.9 Å². The highest BCUT2D eigenvalue weighted by molar-refractivity contribution is 7.89. The predicted octanol–water partition coefficient (Wildman–Crippen LogP) is 1.78. The van der Waals surface area contributed by atoms with Crippen LogP contribution in [0, 0.1) is 19.8 Å². The van der Waals surface area contributed by atoms with Crippen LogP contribution in [-0.2, 0) is 21.4 Å². The van der Waals surface area contributed by atoms with Gasteiger partial charge in [-0.3, -0.25) is 14.6 Å². The monoisotopic (exact) mass is 444 g/mol. The number of sulfonamides is 1. The Labute approximate surface area is 183 Å². The summed E-state index contributed by atoms with van der Waals surface area (Å²) in [5.74, 6) is -0.393. The second-order valence-corrected chi connectivity index (χ2v) is 9.62. The Morgan fingerprint density at radius 3 is 2.52 bits per heavy atom. The predicted molar refractivity (Wildman–Crippen MR) is 117 cm³/mol. The van der Waals surface area contributed by atoms with E-state index >= 15 is 0 Å². The van der Waals surface area contributed by atoms with Crippen molar-refractivity contribution in [2.45, 2.75) is 38.1 Å². The van der Waals surface area contributed by atoms with Gasteiger partial charge in [-0.25, -0.2) is 13.1 Å². The van der Waals surface area contributed by atoms with Crippen LogP contribution in [0.1, 0.15) is 39.9 Å². The van der Waals surface area contributed by atoms with Crippen LogP contribution in [0.5, 0.6) is 0 Å². The van der Waals surface area contributed by atoms with E-state index in [0.29, 0.717) is 43.6 Å². The molecule has 0 bridgehead atoms. The van der Waals surface area contributed by atoms with Gasteiger partial charge >= 0.3 is 0 Å². The largest absolute Gasteiger partial charge is 0.352 e. The van der Waals surface area contributed by atoms with E-state index in [9.17, 15) is 18.0 Å². The molecule has 0 atom stereocenters. The van der Waals surface area contributed by atoms with Crippen molar-refractivity contribution >= 4 is 21.8 Å². The number of aromatic nitrogens is 1. The fraction of sp³-hybridized carbons (Fsp3) is 0.409. The first-order valence-corrected chi connectivity index (χ1v) is 11.7. The van der Waals surface area contributed by atoms with E-state index in [1.54, 1.807) is 37.2 Å². The van der Waals surface area contributed by atoms with Gasteiger partial charge in [0, 0.05) is 43.5 Å². The average molecular weight is 445 g/mol. The summed E-state index contributed by atoms with van der Waals surface area (Å²) in [5.41, 5.74) is 2.64. The lowest BCUT2D eigenvalue weighted by atomic mass is 9.95. The SMILES string of the molecule is CNS(=O)(=O)c1cc(C(=O)N2CCC(C(=O)NCc3cccnc3)CC2)cc(C)c1C. The summed E-state index contributed by atoms with van der Waals surface area (Å²) in [6.45, 7) is 4.84. The number of likely N-dealkylation sites (tertiary alicyclic amines) is 1. The van der Waals surface area contributed by atoms with Crippen LogP contribution >= 0.6 is 0 Å². The van der Waals surface area contributed by atoms with Gasteiger partial charge in [-0.1, -0.05) is 6.07 Å². The molecule has 1 fully saturated rings. The lowest BCUT2D eigenvalue weighted by Crippen LogP contribution is -2.43. The lowest BCUT2D eigenvalue weighted by Gasteiger charge is -2.31. The summed E-state index contributed by atoms with van der Waals surface area (Å²) in [6, 6.07) is 6.88. The van der Waals surface area contributed by atoms with Crippen molar-refractivity contribution in [3.63, 3.8) is 0 Å². The summed E-state index contributed by atoms with van der Waals surface area (Å²) in [4.78, 5) is 31.3. The highest BCUT2D eigenvalue weighted by atomic mass is 32.2. The molecule has 1 saturated heterocycles. The number of nitrogens with zero attached hydrogens (tertiary/aromatic N) is 2. The van der Waals surface area contributed by atoms with Gasteiger partial charge in [-0.05, 0) is 68.6 Å². The number of pyridine rings is 1. The molecule has 9 heteroatoms. The molecule has 3 rings (SSSR count). The summed E-state index contributed by atoms with van der Waals surface area (Å²) < 4.78 is 27.0. The molecule has 1 aromatic carbocycles. The molecule has 31 heavy (non-hydrogen) atoms. The molecule has 0 radical (unpaired) electrons. The normalized spacial score (nSPS) is 15.0. The molecule has 0 spiro atoms. The molecule has 0 aliphatic carbocycles. The number of amides is 2. The molecule has 8 nitrogen and oxygen atoms in total. The van der Waals surface area contributed by atoms with E-state index < -0.39 is 10.0 Å². The third-order valence-electron chi connectivity index (χ3n) is 5.77. The minimum absolute atomic E-state index is 0.0236. The maximum Gasteiger partial charge on any atom is 0.253 e. The molecule has 0 saturated carbocycles. The van der Waals surface area contributed by atoms with E-state index in [1.165, 1.54) is 13.1 Å². The molecule has 2 aromatic rings.